The Morgan fingerprint density at radius 3 is 3.11 bits per heavy atom. The third-order valence-corrected chi connectivity index (χ3v) is 2.55. The third kappa shape index (κ3) is 2.01. The van der Waals surface area contributed by atoms with Gasteiger partial charge in [-0.25, -0.2) is 0 Å². The van der Waals surface area contributed by atoms with Crippen LogP contribution in [0.5, 0.6) is 0 Å². The molecule has 0 spiro atoms. The van der Waals surface area contributed by atoms with E-state index in [1.54, 1.807) is 6.21 Å². The second-order valence-electron chi connectivity index (χ2n) is 2.15. The Kier molecular flexibility index (Phi) is 1.71. The summed E-state index contributed by atoms with van der Waals surface area (Å²) >= 11 is 0. The van der Waals surface area contributed by atoms with Crippen LogP contribution < -0.4 is 0 Å². The lowest BCUT2D eigenvalue weighted by atomic mass is 10.5. The molecular formula is C6H10N2S. The maximum absolute atomic E-state index is 3.99. The first-order chi connectivity index (χ1) is 4.21. The van der Waals surface area contributed by atoms with Crippen LogP contribution in [0, 0.1) is 0 Å². The standard InChI is InChI=1S/C6H10N2S/c1-9(2)5-3-4-7-8-6-9/h4-6H,1,3H2,2H3. The van der Waals surface area contributed by atoms with Crippen molar-refractivity contribution in [1.82, 2.24) is 0 Å². The van der Waals surface area contributed by atoms with E-state index in [4.69, 9.17) is 0 Å². The predicted molar refractivity (Wildman–Crippen MR) is 48.3 cm³/mol. The topological polar surface area (TPSA) is 24.7 Å². The van der Waals surface area contributed by atoms with E-state index < -0.39 is 9.21 Å². The van der Waals surface area contributed by atoms with Crippen LogP contribution >= 0.6 is 9.21 Å². The van der Waals surface area contributed by atoms with Gasteiger partial charge in [-0.1, -0.05) is 11.2 Å². The van der Waals surface area contributed by atoms with Gasteiger partial charge in [-0.15, -0.1) is 0 Å². The number of hydrogen-bond acceptors (Lipinski definition) is 2. The molecule has 0 aromatic rings. The second-order valence-corrected chi connectivity index (χ2v) is 5.15. The Bertz CT molecular complexity index is 254. The van der Waals surface area contributed by atoms with Crippen molar-refractivity contribution in [1.29, 1.82) is 0 Å². The van der Waals surface area contributed by atoms with Crippen molar-refractivity contribution in [3.05, 3.63) is 0 Å². The molecule has 3 heteroatoms. The molecule has 9 heavy (non-hydrogen) atoms. The molecule has 1 aliphatic rings. The lowest BCUT2D eigenvalue weighted by Crippen LogP contribution is -1.79. The summed E-state index contributed by atoms with van der Waals surface area (Å²) in [6.07, 6.45) is 4.78. The number of rotatable bonds is 0. The van der Waals surface area contributed by atoms with E-state index in [0.29, 0.717) is 0 Å². The molecule has 0 radical (unpaired) electrons. The van der Waals surface area contributed by atoms with Gasteiger partial charge >= 0.3 is 0 Å². The van der Waals surface area contributed by atoms with Crippen molar-refractivity contribution in [3.8, 4) is 0 Å². The zero-order chi connectivity index (χ0) is 6.74. The van der Waals surface area contributed by atoms with Gasteiger partial charge in [-0.3, -0.25) is 0 Å². The lowest BCUT2D eigenvalue weighted by molar-refractivity contribution is 1.27. The van der Waals surface area contributed by atoms with Crippen LogP contribution in [0.2, 0.25) is 0 Å². The Balaban J connectivity index is 3.02. The van der Waals surface area contributed by atoms with Crippen LogP contribution in [0.25, 0.3) is 0 Å². The van der Waals surface area contributed by atoms with E-state index in [2.05, 4.69) is 27.7 Å². The van der Waals surface area contributed by atoms with E-state index >= 15 is 0 Å². The summed E-state index contributed by atoms with van der Waals surface area (Å²) < 4.78 is 0. The molecule has 1 rings (SSSR count). The van der Waals surface area contributed by atoms with E-state index in [9.17, 15) is 0 Å². The highest BCUT2D eigenvalue weighted by Gasteiger charge is 1.87. The first kappa shape index (κ1) is 6.55. The van der Waals surface area contributed by atoms with Crippen LogP contribution in [0.4, 0.5) is 0 Å². The van der Waals surface area contributed by atoms with Crippen molar-refractivity contribution < 1.29 is 0 Å². The molecule has 0 saturated carbocycles. The van der Waals surface area contributed by atoms with E-state index in [1.165, 1.54) is 0 Å². The van der Waals surface area contributed by atoms with Gasteiger partial charge in [-0.2, -0.15) is 19.4 Å². The molecule has 0 aromatic heterocycles. The first-order valence-electron chi connectivity index (χ1n) is 2.70. The van der Waals surface area contributed by atoms with Crippen LogP contribution in [-0.4, -0.2) is 29.3 Å². The number of nitrogens with zero attached hydrogens (tertiary/aromatic N) is 2. The molecule has 1 aliphatic heterocycles. The number of hydrogen-bond donors (Lipinski definition) is 0. The first-order valence-corrected chi connectivity index (χ1v) is 5.04. The Hall–Kier alpha value is -0.570. The fourth-order valence-corrected chi connectivity index (χ4v) is 1.42. The normalized spacial score (nSPS) is 33.4. The molecule has 1 heterocycles. The highest BCUT2D eigenvalue weighted by molar-refractivity contribution is 8.38. The van der Waals surface area contributed by atoms with Crippen molar-refractivity contribution in [3.63, 3.8) is 0 Å². The van der Waals surface area contributed by atoms with E-state index in [1.807, 2.05) is 5.55 Å². The monoisotopic (exact) mass is 142 g/mol. The van der Waals surface area contributed by atoms with Gasteiger partial charge in [0.2, 0.25) is 0 Å². The Morgan fingerprint density at radius 2 is 2.33 bits per heavy atom. The molecular weight excluding hydrogens is 132 g/mol. The van der Waals surface area contributed by atoms with Crippen LogP contribution in [0.15, 0.2) is 10.2 Å². The minimum atomic E-state index is -0.911. The fraction of sp³-hybridized carbons (Fsp3) is 0.333. The summed E-state index contributed by atoms with van der Waals surface area (Å²) in [4.78, 5) is 0. The molecule has 1 atom stereocenters. The zero-order valence-corrected chi connectivity index (χ0v) is 6.27. The van der Waals surface area contributed by atoms with Gasteiger partial charge in [-0.05, 0) is 6.26 Å². The molecule has 0 saturated heterocycles. The average molecular weight is 142 g/mol. The van der Waals surface area contributed by atoms with Gasteiger partial charge in [0.1, 0.15) is 0 Å². The average Bonchev–Trinajstić information content (AvgIpc) is 1.92. The second kappa shape index (κ2) is 2.35. The van der Waals surface area contributed by atoms with Gasteiger partial charge in [0.05, 0.1) is 5.55 Å². The minimum absolute atomic E-state index is 0.898. The SMILES string of the molecule is C=S1(C)=CCC=NN=C1. The van der Waals surface area contributed by atoms with Gasteiger partial charge in [0, 0.05) is 12.6 Å². The predicted octanol–water partition coefficient (Wildman–Crippen LogP) is 1.07. The quantitative estimate of drug-likeness (QED) is 0.452. The maximum atomic E-state index is 3.99. The summed E-state index contributed by atoms with van der Waals surface area (Å²) in [5.41, 5.74) is 1.83. The summed E-state index contributed by atoms with van der Waals surface area (Å²) in [5.74, 6) is 3.99. The van der Waals surface area contributed by atoms with E-state index in [-0.39, 0.29) is 0 Å². The Labute approximate surface area is 55.8 Å². The molecule has 1 unspecified atom stereocenters. The van der Waals surface area contributed by atoms with Crippen molar-refractivity contribution in [2.75, 3.05) is 6.26 Å². The van der Waals surface area contributed by atoms with Crippen LogP contribution in [0.1, 0.15) is 6.42 Å². The molecule has 0 bridgehead atoms. The molecule has 2 nitrogen and oxygen atoms in total. The van der Waals surface area contributed by atoms with Gasteiger partial charge < -0.3 is 0 Å². The Morgan fingerprint density at radius 1 is 1.56 bits per heavy atom. The summed E-state index contributed by atoms with van der Waals surface area (Å²) in [5, 5.41) is 9.73. The lowest BCUT2D eigenvalue weighted by Gasteiger charge is -1.95. The van der Waals surface area contributed by atoms with Crippen molar-refractivity contribution in [2.24, 2.45) is 10.2 Å². The van der Waals surface area contributed by atoms with Crippen molar-refractivity contribution in [2.45, 2.75) is 6.42 Å². The minimum Gasteiger partial charge on any atom is -0.175 e. The summed E-state index contributed by atoms with van der Waals surface area (Å²) in [6.45, 7) is 0. The highest BCUT2D eigenvalue weighted by Crippen LogP contribution is 2.11. The third-order valence-electron chi connectivity index (χ3n) is 1.02. The largest absolute Gasteiger partial charge is 0.175 e. The van der Waals surface area contributed by atoms with E-state index in [0.717, 1.165) is 6.42 Å². The molecule has 50 valence electrons. The molecule has 0 aromatic carbocycles. The zero-order valence-electron chi connectivity index (χ0n) is 5.45. The van der Waals surface area contributed by atoms with Crippen LogP contribution in [0.3, 0.4) is 0 Å². The van der Waals surface area contributed by atoms with Crippen molar-refractivity contribution >= 4 is 32.2 Å². The highest BCUT2D eigenvalue weighted by atomic mass is 32.2. The molecule has 0 N–H and O–H groups in total. The molecule has 0 fully saturated rings. The molecule has 0 amide bonds. The van der Waals surface area contributed by atoms with Gasteiger partial charge in [0.25, 0.3) is 0 Å². The summed E-state index contributed by atoms with van der Waals surface area (Å²) in [7, 11) is -0.911. The maximum Gasteiger partial charge on any atom is 0.0715 e. The molecule has 0 aliphatic carbocycles. The smallest absolute Gasteiger partial charge is 0.0715 e. The van der Waals surface area contributed by atoms with Crippen LogP contribution in [-0.2, 0) is 0 Å². The fourth-order valence-electron chi connectivity index (χ4n) is 0.535. The van der Waals surface area contributed by atoms with Gasteiger partial charge in [0.15, 0.2) is 0 Å². The summed E-state index contributed by atoms with van der Waals surface area (Å²) in [6, 6.07) is 0.